The van der Waals surface area contributed by atoms with Crippen LogP contribution >= 0.6 is 0 Å². The third-order valence-corrected chi connectivity index (χ3v) is 9.18. The lowest BCUT2D eigenvalue weighted by molar-refractivity contribution is -0.123. The zero-order valence-electron chi connectivity index (χ0n) is 30.4. The van der Waals surface area contributed by atoms with Crippen LogP contribution in [0.5, 0.6) is 0 Å². The molecule has 0 aromatic carbocycles. The number of unbranched alkanes of at least 4 members (excludes halogenated alkanes) is 27. The summed E-state index contributed by atoms with van der Waals surface area (Å²) in [6.45, 7) is 4.30. The van der Waals surface area contributed by atoms with Gasteiger partial charge >= 0.3 is 0 Å². The first-order chi connectivity index (χ1) is 22.2. The maximum atomic E-state index is 12.3. The van der Waals surface area contributed by atoms with Crippen molar-refractivity contribution < 1.29 is 15.0 Å². The molecule has 45 heavy (non-hydrogen) atoms. The van der Waals surface area contributed by atoms with E-state index in [1.54, 1.807) is 6.08 Å². The number of aliphatic hydroxyl groups is 2. The number of amides is 1. The molecule has 0 saturated carbocycles. The topological polar surface area (TPSA) is 69.6 Å². The summed E-state index contributed by atoms with van der Waals surface area (Å²) in [7, 11) is 0. The van der Waals surface area contributed by atoms with Crippen LogP contribution in [0.2, 0.25) is 0 Å². The van der Waals surface area contributed by atoms with Crippen LogP contribution < -0.4 is 5.32 Å². The molecule has 4 heteroatoms. The number of hydrogen-bond donors (Lipinski definition) is 3. The second-order valence-corrected chi connectivity index (χ2v) is 13.7. The van der Waals surface area contributed by atoms with Gasteiger partial charge in [0.2, 0.25) is 5.91 Å². The maximum Gasteiger partial charge on any atom is 0.220 e. The van der Waals surface area contributed by atoms with E-state index in [9.17, 15) is 15.0 Å². The summed E-state index contributed by atoms with van der Waals surface area (Å²) in [4.78, 5) is 12.3. The number of hydrogen-bond acceptors (Lipinski definition) is 3. The van der Waals surface area contributed by atoms with Crippen LogP contribution in [-0.2, 0) is 4.79 Å². The van der Waals surface area contributed by atoms with Crippen molar-refractivity contribution in [1.82, 2.24) is 5.32 Å². The molecular weight excluding hydrogens is 554 g/mol. The Kier molecular flexibility index (Phi) is 36.4. The standard InChI is InChI=1S/C41H79NO3/c1-3-5-7-9-11-13-15-17-19-20-21-22-23-25-27-29-31-33-35-37-41(45)42-39(38-43)40(44)36-34-32-30-28-26-24-18-16-14-12-10-8-6-4-2/h17,19,34,36,39-40,43-44H,3-16,18,20-33,35,37-38H2,1-2H3,(H,42,45)/b19-17-,36-34+. The molecule has 0 spiro atoms. The lowest BCUT2D eigenvalue weighted by atomic mass is 10.0. The van der Waals surface area contributed by atoms with E-state index in [-0.39, 0.29) is 12.5 Å². The van der Waals surface area contributed by atoms with E-state index in [1.165, 1.54) is 167 Å². The number of allylic oxidation sites excluding steroid dienone is 3. The van der Waals surface area contributed by atoms with Crippen molar-refractivity contribution in [2.24, 2.45) is 0 Å². The fraction of sp³-hybridized carbons (Fsp3) is 0.878. The third kappa shape index (κ3) is 34.0. The highest BCUT2D eigenvalue weighted by Gasteiger charge is 2.17. The highest BCUT2D eigenvalue weighted by molar-refractivity contribution is 5.76. The van der Waals surface area contributed by atoms with Crippen LogP contribution in [0.1, 0.15) is 213 Å². The summed E-state index contributed by atoms with van der Waals surface area (Å²) in [5.41, 5.74) is 0. The lowest BCUT2D eigenvalue weighted by Crippen LogP contribution is -2.45. The molecule has 4 nitrogen and oxygen atoms in total. The molecule has 0 aromatic rings. The third-order valence-electron chi connectivity index (χ3n) is 9.18. The SMILES string of the molecule is CCCCCCCC/C=C\CCCCCCCCCCCC(=O)NC(CO)C(O)/C=C/CCCCCCCCCCCCCC. The highest BCUT2D eigenvalue weighted by atomic mass is 16.3. The van der Waals surface area contributed by atoms with Gasteiger partial charge in [0.1, 0.15) is 0 Å². The van der Waals surface area contributed by atoms with Gasteiger partial charge in [-0.25, -0.2) is 0 Å². The average molecular weight is 634 g/mol. The molecule has 2 unspecified atom stereocenters. The van der Waals surface area contributed by atoms with Gasteiger partial charge in [-0.3, -0.25) is 4.79 Å². The first kappa shape index (κ1) is 43.9. The van der Waals surface area contributed by atoms with Gasteiger partial charge in [-0.1, -0.05) is 186 Å². The summed E-state index contributed by atoms with van der Waals surface area (Å²) in [5, 5.41) is 22.9. The number of aliphatic hydroxyl groups excluding tert-OH is 2. The summed E-state index contributed by atoms with van der Waals surface area (Å²) >= 11 is 0. The maximum absolute atomic E-state index is 12.3. The minimum Gasteiger partial charge on any atom is -0.394 e. The van der Waals surface area contributed by atoms with Crippen molar-refractivity contribution in [3.8, 4) is 0 Å². The summed E-state index contributed by atoms with van der Waals surface area (Å²) in [5.74, 6) is -0.0662. The summed E-state index contributed by atoms with van der Waals surface area (Å²) in [6, 6.07) is -0.619. The Hall–Kier alpha value is -1.13. The molecule has 0 aliphatic rings. The monoisotopic (exact) mass is 634 g/mol. The predicted molar refractivity (Wildman–Crippen MR) is 198 cm³/mol. The fourth-order valence-electron chi connectivity index (χ4n) is 6.05. The average Bonchev–Trinajstić information content (AvgIpc) is 3.04. The molecule has 3 N–H and O–H groups in total. The molecule has 266 valence electrons. The number of carbonyl (C=O) groups excluding carboxylic acids is 1. The summed E-state index contributed by atoms with van der Waals surface area (Å²) in [6.07, 6.45) is 46.9. The number of nitrogens with one attached hydrogen (secondary N) is 1. The van der Waals surface area contributed by atoms with Crippen molar-refractivity contribution >= 4 is 5.91 Å². The Bertz CT molecular complexity index is 647. The molecule has 2 atom stereocenters. The van der Waals surface area contributed by atoms with E-state index in [0.717, 1.165) is 25.7 Å². The van der Waals surface area contributed by atoms with Gasteiger partial charge in [0.15, 0.2) is 0 Å². The Morgan fingerprint density at radius 1 is 0.511 bits per heavy atom. The van der Waals surface area contributed by atoms with Gasteiger partial charge in [0, 0.05) is 6.42 Å². The highest BCUT2D eigenvalue weighted by Crippen LogP contribution is 2.14. The van der Waals surface area contributed by atoms with Crippen LogP contribution in [0.25, 0.3) is 0 Å². The molecule has 0 bridgehead atoms. The molecule has 0 saturated heterocycles. The van der Waals surface area contributed by atoms with Crippen LogP contribution in [0, 0.1) is 0 Å². The summed E-state index contributed by atoms with van der Waals surface area (Å²) < 4.78 is 0. The molecule has 0 rings (SSSR count). The zero-order valence-corrected chi connectivity index (χ0v) is 30.4. The smallest absolute Gasteiger partial charge is 0.220 e. The first-order valence-electron chi connectivity index (χ1n) is 20.1. The van der Waals surface area contributed by atoms with E-state index in [4.69, 9.17) is 0 Å². The minimum atomic E-state index is -0.836. The van der Waals surface area contributed by atoms with Gasteiger partial charge in [-0.2, -0.15) is 0 Å². The van der Waals surface area contributed by atoms with Gasteiger partial charge < -0.3 is 15.5 Å². The van der Waals surface area contributed by atoms with Crippen molar-refractivity contribution in [3.05, 3.63) is 24.3 Å². The molecule has 1 amide bonds. The number of rotatable bonds is 36. The number of carbonyl (C=O) groups is 1. The predicted octanol–water partition coefficient (Wildman–Crippen LogP) is 12.1. The van der Waals surface area contributed by atoms with Crippen molar-refractivity contribution in [1.29, 1.82) is 0 Å². The van der Waals surface area contributed by atoms with E-state index >= 15 is 0 Å². The van der Waals surface area contributed by atoms with Crippen molar-refractivity contribution in [2.75, 3.05) is 6.61 Å². The van der Waals surface area contributed by atoms with E-state index in [1.807, 2.05) is 6.08 Å². The second-order valence-electron chi connectivity index (χ2n) is 13.7. The molecule has 0 heterocycles. The quantitative estimate of drug-likeness (QED) is 0.0475. The van der Waals surface area contributed by atoms with Crippen LogP contribution in [0.15, 0.2) is 24.3 Å². The van der Waals surface area contributed by atoms with Crippen LogP contribution in [0.3, 0.4) is 0 Å². The van der Waals surface area contributed by atoms with Gasteiger partial charge in [-0.15, -0.1) is 0 Å². The van der Waals surface area contributed by atoms with Gasteiger partial charge in [-0.05, 0) is 44.9 Å². The Morgan fingerprint density at radius 2 is 0.844 bits per heavy atom. The van der Waals surface area contributed by atoms with E-state index in [2.05, 4.69) is 31.3 Å². The molecule has 0 aliphatic carbocycles. The molecule has 0 aliphatic heterocycles. The second kappa shape index (κ2) is 37.3. The van der Waals surface area contributed by atoms with Gasteiger partial charge in [0.25, 0.3) is 0 Å². The normalized spacial score (nSPS) is 13.2. The molecule has 0 fully saturated rings. The Labute approximate surface area is 281 Å². The Morgan fingerprint density at radius 3 is 1.22 bits per heavy atom. The zero-order chi connectivity index (χ0) is 32.9. The van der Waals surface area contributed by atoms with Crippen molar-refractivity contribution in [3.63, 3.8) is 0 Å². The molecule has 0 aromatic heterocycles. The fourth-order valence-corrected chi connectivity index (χ4v) is 6.05. The van der Waals surface area contributed by atoms with E-state index < -0.39 is 12.1 Å². The molecular formula is C41H79NO3. The molecule has 0 radical (unpaired) electrons. The van der Waals surface area contributed by atoms with Crippen molar-refractivity contribution in [2.45, 2.75) is 225 Å². The minimum absolute atomic E-state index is 0.0662. The van der Waals surface area contributed by atoms with Crippen LogP contribution in [0.4, 0.5) is 0 Å². The first-order valence-corrected chi connectivity index (χ1v) is 20.1. The lowest BCUT2D eigenvalue weighted by Gasteiger charge is -2.20. The van der Waals surface area contributed by atoms with Crippen LogP contribution in [-0.4, -0.2) is 34.9 Å². The Balaban J connectivity index is 3.58. The van der Waals surface area contributed by atoms with E-state index in [0.29, 0.717) is 6.42 Å². The van der Waals surface area contributed by atoms with Gasteiger partial charge in [0.05, 0.1) is 18.8 Å². The largest absolute Gasteiger partial charge is 0.394 e.